The van der Waals surface area contributed by atoms with Crippen molar-refractivity contribution < 1.29 is 24.0 Å². The number of carbonyl (C=O) groups excluding carboxylic acids is 5. The summed E-state index contributed by atoms with van der Waals surface area (Å²) in [6.07, 6.45) is 2.30. The Balaban J connectivity index is 1.35. The molecule has 3 heterocycles. The highest BCUT2D eigenvalue weighted by Crippen LogP contribution is 2.33. The van der Waals surface area contributed by atoms with Gasteiger partial charge in [0.25, 0.3) is 5.91 Å². The summed E-state index contributed by atoms with van der Waals surface area (Å²) in [5.74, 6) is 5.59. The fraction of sp³-hybridized carbons (Fsp3) is 0.676. The fourth-order valence-corrected chi connectivity index (χ4v) is 7.74. The van der Waals surface area contributed by atoms with E-state index in [4.69, 9.17) is 5.84 Å². The Bertz CT molecular complexity index is 1330. The van der Waals surface area contributed by atoms with Crippen LogP contribution in [0.1, 0.15) is 69.9 Å². The van der Waals surface area contributed by atoms with Gasteiger partial charge in [-0.25, -0.2) is 5.84 Å². The number of hydrogen-bond donors (Lipinski definition) is 3. The van der Waals surface area contributed by atoms with Crippen molar-refractivity contribution in [2.45, 2.75) is 95.5 Å². The molecule has 6 atom stereocenters. The van der Waals surface area contributed by atoms with E-state index in [1.54, 1.807) is 30.8 Å². The summed E-state index contributed by atoms with van der Waals surface area (Å²) in [4.78, 5) is 73.2. The molecule has 3 fully saturated rings. The second-order valence-electron chi connectivity index (χ2n) is 14.0. The quantitative estimate of drug-likeness (QED) is 0.167. The lowest BCUT2D eigenvalue weighted by Gasteiger charge is -2.33. The van der Waals surface area contributed by atoms with Gasteiger partial charge in [-0.05, 0) is 70.7 Å². The van der Waals surface area contributed by atoms with Gasteiger partial charge in [0, 0.05) is 31.9 Å². The van der Waals surface area contributed by atoms with Crippen LogP contribution >= 0.6 is 11.8 Å². The van der Waals surface area contributed by atoms with Gasteiger partial charge in [0.1, 0.15) is 18.1 Å². The molecule has 0 saturated carbocycles. The zero-order valence-electron chi connectivity index (χ0n) is 29.5. The van der Waals surface area contributed by atoms with Crippen LogP contribution in [-0.4, -0.2) is 131 Å². The van der Waals surface area contributed by atoms with Gasteiger partial charge >= 0.3 is 0 Å². The van der Waals surface area contributed by atoms with Gasteiger partial charge in [0.15, 0.2) is 0 Å². The number of nitrogens with one attached hydrogen (secondary N) is 2. The number of thioether (sulfide) groups is 1. The molecule has 0 spiro atoms. The van der Waals surface area contributed by atoms with Crippen LogP contribution in [0.3, 0.4) is 0 Å². The van der Waals surface area contributed by atoms with Crippen molar-refractivity contribution in [3.8, 4) is 0 Å². The molecule has 48 heavy (non-hydrogen) atoms. The molecule has 1 aromatic carbocycles. The summed E-state index contributed by atoms with van der Waals surface area (Å²) in [6.45, 7) is 8.41. The Kier molecular flexibility index (Phi) is 12.9. The number of rotatable bonds is 12. The largest absolute Gasteiger partial charge is 0.343 e. The van der Waals surface area contributed by atoms with E-state index in [1.165, 1.54) is 27.4 Å². The summed E-state index contributed by atoms with van der Waals surface area (Å²) in [7, 11) is 5.11. The number of hydrogen-bond acceptors (Lipinski definition) is 9. The Hall–Kier alpha value is -3.20. The first-order valence-electron chi connectivity index (χ1n) is 17.0. The van der Waals surface area contributed by atoms with Gasteiger partial charge in [0.05, 0.1) is 24.5 Å². The summed E-state index contributed by atoms with van der Waals surface area (Å²) >= 11 is 1.87. The number of nitrogens with two attached hydrogens (primary N) is 1. The molecular weight excluding hydrogens is 632 g/mol. The number of benzene rings is 1. The molecule has 3 aliphatic heterocycles. The molecule has 0 radical (unpaired) electrons. The highest BCUT2D eigenvalue weighted by Gasteiger charge is 2.43. The van der Waals surface area contributed by atoms with Crippen molar-refractivity contribution in [3.05, 3.63) is 35.4 Å². The lowest BCUT2D eigenvalue weighted by Crippen LogP contribution is -2.57. The number of likely N-dealkylation sites (N-methyl/N-ethyl adjacent to an activating group) is 2. The average Bonchev–Trinajstić information content (AvgIpc) is 3.83. The first-order chi connectivity index (χ1) is 22.7. The van der Waals surface area contributed by atoms with Crippen molar-refractivity contribution in [1.82, 2.24) is 35.2 Å². The van der Waals surface area contributed by atoms with Crippen molar-refractivity contribution >= 4 is 41.3 Å². The van der Waals surface area contributed by atoms with Gasteiger partial charge in [-0.3, -0.25) is 39.2 Å². The van der Waals surface area contributed by atoms with Crippen LogP contribution in [0.4, 0.5) is 0 Å². The number of likely N-dealkylation sites (tertiary alicyclic amines) is 2. The lowest BCUT2D eigenvalue weighted by molar-refractivity contribution is -0.150. The van der Waals surface area contributed by atoms with Crippen LogP contribution in [0.5, 0.6) is 0 Å². The van der Waals surface area contributed by atoms with Gasteiger partial charge in [-0.2, -0.15) is 0 Å². The van der Waals surface area contributed by atoms with E-state index in [-0.39, 0.29) is 53.9 Å². The molecule has 2 unspecified atom stereocenters. The van der Waals surface area contributed by atoms with Gasteiger partial charge in [0.2, 0.25) is 23.6 Å². The zero-order chi connectivity index (χ0) is 35.3. The van der Waals surface area contributed by atoms with Gasteiger partial charge in [-0.15, -0.1) is 11.8 Å². The van der Waals surface area contributed by atoms with E-state index in [1.807, 2.05) is 37.7 Å². The summed E-state index contributed by atoms with van der Waals surface area (Å²) in [6, 6.07) is 5.93. The van der Waals surface area contributed by atoms with E-state index in [0.29, 0.717) is 44.8 Å². The molecule has 0 aliphatic carbocycles. The summed E-state index contributed by atoms with van der Waals surface area (Å²) in [5.41, 5.74) is 2.09. The van der Waals surface area contributed by atoms with Gasteiger partial charge < -0.3 is 20.0 Å². The SMILES string of the molecule is CC1CSC(c2ccc(CN(N)C(=O)[C@H]3CCCN3C(=O)[C@H]3CCCN3C(=O)CN(C)C(=O)[C@H](NC(=O)[C@@H](C)N(C)C)C(C)C)cc2)N1. The molecule has 14 heteroatoms. The summed E-state index contributed by atoms with van der Waals surface area (Å²) < 4.78 is 0. The van der Waals surface area contributed by atoms with Crippen LogP contribution in [-0.2, 0) is 30.5 Å². The minimum absolute atomic E-state index is 0.196. The van der Waals surface area contributed by atoms with Crippen molar-refractivity contribution in [3.63, 3.8) is 0 Å². The van der Waals surface area contributed by atoms with Crippen LogP contribution in [0.25, 0.3) is 0 Å². The Morgan fingerprint density at radius 1 is 0.979 bits per heavy atom. The minimum Gasteiger partial charge on any atom is -0.343 e. The maximum absolute atomic E-state index is 13.9. The molecule has 1 aromatic rings. The second-order valence-corrected chi connectivity index (χ2v) is 15.1. The molecule has 13 nitrogen and oxygen atoms in total. The highest BCUT2D eigenvalue weighted by atomic mass is 32.2. The van der Waals surface area contributed by atoms with Crippen LogP contribution < -0.4 is 16.5 Å². The predicted molar refractivity (Wildman–Crippen MR) is 186 cm³/mol. The molecule has 4 rings (SSSR count). The third-order valence-corrected chi connectivity index (χ3v) is 11.1. The van der Waals surface area contributed by atoms with Gasteiger partial charge in [-0.1, -0.05) is 38.1 Å². The maximum atomic E-state index is 13.9. The molecule has 266 valence electrons. The molecule has 3 aliphatic rings. The van der Waals surface area contributed by atoms with Crippen LogP contribution in [0.15, 0.2) is 24.3 Å². The van der Waals surface area contributed by atoms with Crippen molar-refractivity contribution in [2.24, 2.45) is 11.8 Å². The average molecular weight is 687 g/mol. The smallest absolute Gasteiger partial charge is 0.259 e. The van der Waals surface area contributed by atoms with Crippen molar-refractivity contribution in [1.29, 1.82) is 0 Å². The topological polar surface area (TPSA) is 152 Å². The normalized spacial score (nSPS) is 23.8. The number of carbonyl (C=O) groups is 5. The maximum Gasteiger partial charge on any atom is 0.259 e. The van der Waals surface area contributed by atoms with E-state index < -0.39 is 24.2 Å². The summed E-state index contributed by atoms with van der Waals surface area (Å²) in [5, 5.41) is 7.83. The van der Waals surface area contributed by atoms with Crippen LogP contribution in [0, 0.1) is 5.92 Å². The first kappa shape index (κ1) is 37.6. The third kappa shape index (κ3) is 8.87. The third-order valence-electron chi connectivity index (χ3n) is 9.68. The highest BCUT2D eigenvalue weighted by molar-refractivity contribution is 7.99. The zero-order valence-corrected chi connectivity index (χ0v) is 30.3. The number of hydrazine groups is 1. The Labute approximate surface area is 289 Å². The van der Waals surface area contributed by atoms with Crippen LogP contribution in [0.2, 0.25) is 0 Å². The standard InChI is InChI=1S/C34H54N8O5S/c1-21(2)29(37-30(44)23(4)38(5)6)34(47)39(7)19-28(43)40-16-8-10-26(40)32(45)41-17-9-11-27(41)33(46)42(35)18-24-12-14-25(15-13-24)31-36-22(3)20-48-31/h12-15,21-23,26-27,29,31,36H,8-11,16-20,35H2,1-7H3,(H,37,44)/t22?,23-,26-,27-,29-,31?/m1/s1. The predicted octanol–water partition coefficient (Wildman–Crippen LogP) is 1.14. The Morgan fingerprint density at radius 3 is 2.19 bits per heavy atom. The number of nitrogens with zero attached hydrogens (tertiary/aromatic N) is 5. The molecule has 3 saturated heterocycles. The fourth-order valence-electron chi connectivity index (χ4n) is 6.48. The van der Waals surface area contributed by atoms with E-state index >= 15 is 0 Å². The molecule has 0 aromatic heterocycles. The number of amides is 5. The Morgan fingerprint density at radius 2 is 1.60 bits per heavy atom. The first-order valence-corrected chi connectivity index (χ1v) is 18.1. The van der Waals surface area contributed by atoms with E-state index in [0.717, 1.165) is 11.3 Å². The van der Waals surface area contributed by atoms with Crippen molar-refractivity contribution in [2.75, 3.05) is 46.5 Å². The second kappa shape index (κ2) is 16.5. The molecular formula is C34H54N8O5S. The molecule has 0 bridgehead atoms. The molecule has 4 N–H and O–H groups in total. The monoisotopic (exact) mass is 686 g/mol. The lowest BCUT2D eigenvalue weighted by atomic mass is 10.0. The van der Waals surface area contributed by atoms with E-state index in [9.17, 15) is 24.0 Å². The molecule has 5 amide bonds. The van der Waals surface area contributed by atoms with E-state index in [2.05, 4.69) is 29.7 Å². The minimum atomic E-state index is -0.797.